The summed E-state index contributed by atoms with van der Waals surface area (Å²) in [4.78, 5) is 4.14. The molecule has 57 valence electrons. The summed E-state index contributed by atoms with van der Waals surface area (Å²) in [5.41, 5.74) is 6.46. The molecule has 3 nitrogen and oxygen atoms in total. The van der Waals surface area contributed by atoms with E-state index in [9.17, 15) is 0 Å². The minimum absolute atomic E-state index is 0.622. The van der Waals surface area contributed by atoms with Gasteiger partial charge in [0.1, 0.15) is 0 Å². The van der Waals surface area contributed by atoms with E-state index in [1.807, 2.05) is 24.5 Å². The van der Waals surface area contributed by atoms with E-state index >= 15 is 0 Å². The van der Waals surface area contributed by atoms with Crippen LogP contribution in [0.15, 0.2) is 23.3 Å². The van der Waals surface area contributed by atoms with Crippen LogP contribution in [0, 0.1) is 0 Å². The van der Waals surface area contributed by atoms with E-state index in [0.29, 0.717) is 13.1 Å². The SMILES string of the molecule is NCCN=Cc1ccc[n]1[GaH]. The number of nitrogens with two attached hydrogens (primary N) is 1. The third-order valence-electron chi connectivity index (χ3n) is 1.35. The van der Waals surface area contributed by atoms with Crippen LogP contribution in [0.3, 0.4) is 0 Å². The van der Waals surface area contributed by atoms with Gasteiger partial charge >= 0.3 is 76.2 Å². The van der Waals surface area contributed by atoms with Gasteiger partial charge in [-0.1, -0.05) is 0 Å². The maximum absolute atomic E-state index is 5.29. The van der Waals surface area contributed by atoms with E-state index in [4.69, 9.17) is 5.73 Å². The van der Waals surface area contributed by atoms with Crippen molar-refractivity contribution in [3.05, 3.63) is 24.0 Å². The Kier molecular flexibility index (Phi) is 3.48. The Hall–Kier alpha value is -0.454. The van der Waals surface area contributed by atoms with Crippen molar-refractivity contribution in [1.29, 1.82) is 0 Å². The molecule has 11 heavy (non-hydrogen) atoms. The number of hydrogen-bond acceptors (Lipinski definition) is 2. The molecule has 0 saturated heterocycles. The second-order valence-electron chi connectivity index (χ2n) is 2.23. The van der Waals surface area contributed by atoms with Crippen LogP contribution in [0.4, 0.5) is 0 Å². The van der Waals surface area contributed by atoms with Gasteiger partial charge in [-0.15, -0.1) is 0 Å². The summed E-state index contributed by atoms with van der Waals surface area (Å²) in [6.07, 6.45) is 3.92. The Bertz CT molecular complexity index is 242. The van der Waals surface area contributed by atoms with Gasteiger partial charge in [0, 0.05) is 0 Å². The third kappa shape index (κ3) is 2.57. The van der Waals surface area contributed by atoms with E-state index in [1.165, 1.54) is 5.69 Å². The van der Waals surface area contributed by atoms with Gasteiger partial charge in [-0.3, -0.25) is 0 Å². The predicted molar refractivity (Wildman–Crippen MR) is 48.5 cm³/mol. The fourth-order valence-corrected chi connectivity index (χ4v) is 1.42. The zero-order chi connectivity index (χ0) is 8.10. The quantitative estimate of drug-likeness (QED) is 0.528. The van der Waals surface area contributed by atoms with Crippen LogP contribution in [0.25, 0.3) is 0 Å². The molecule has 1 heterocycles. The van der Waals surface area contributed by atoms with Gasteiger partial charge in [0.15, 0.2) is 0 Å². The summed E-state index contributed by atoms with van der Waals surface area (Å²) in [5, 5.41) is 0. The van der Waals surface area contributed by atoms with Crippen molar-refractivity contribution in [2.24, 2.45) is 10.7 Å². The van der Waals surface area contributed by atoms with Crippen LogP contribution >= 0.6 is 0 Å². The van der Waals surface area contributed by atoms with Gasteiger partial charge in [0.25, 0.3) is 0 Å². The molecule has 0 fully saturated rings. The van der Waals surface area contributed by atoms with Crippen molar-refractivity contribution in [2.45, 2.75) is 0 Å². The first kappa shape index (κ1) is 8.64. The summed E-state index contributed by atoms with van der Waals surface area (Å²) >= 11 is 1.11. The first-order valence-electron chi connectivity index (χ1n) is 3.52. The molecule has 0 aliphatic carbocycles. The van der Waals surface area contributed by atoms with E-state index in [0.717, 1.165) is 18.8 Å². The average Bonchev–Trinajstić information content (AvgIpc) is 2.37. The summed E-state index contributed by atoms with van der Waals surface area (Å²) < 4.78 is 2.14. The molecule has 0 atom stereocenters. The van der Waals surface area contributed by atoms with E-state index in [2.05, 4.69) is 8.27 Å². The molecule has 0 aromatic carbocycles. The first-order valence-corrected chi connectivity index (χ1v) is 4.85. The Balaban J connectivity index is 2.56. The first-order chi connectivity index (χ1) is 5.34. The zero-order valence-electron chi connectivity index (χ0n) is 6.40. The standard InChI is InChI=1S/C7H10N3.Ga.H/c8-3-5-9-6-7-2-1-4-10-7;;/h1-2,4,6H,3,5,8H2;;/q-1;+1;. The molecule has 0 bridgehead atoms. The topological polar surface area (TPSA) is 43.3 Å². The van der Waals surface area contributed by atoms with Crippen LogP contribution in [0.5, 0.6) is 0 Å². The molecule has 0 unspecified atom stereocenters. The Morgan fingerprint density at radius 3 is 3.09 bits per heavy atom. The predicted octanol–water partition coefficient (Wildman–Crippen LogP) is -0.470. The molecule has 0 aliphatic heterocycles. The van der Waals surface area contributed by atoms with Gasteiger partial charge in [0.05, 0.1) is 0 Å². The molecule has 1 aromatic heterocycles. The number of aliphatic imine (C=N–C) groups is 1. The molecule has 4 heteroatoms. The molecule has 1 aromatic rings. The van der Waals surface area contributed by atoms with Gasteiger partial charge in [-0.25, -0.2) is 0 Å². The van der Waals surface area contributed by atoms with Gasteiger partial charge in [-0.05, 0) is 0 Å². The Labute approximate surface area is 76.5 Å². The summed E-state index contributed by atoms with van der Waals surface area (Å²) in [6, 6.07) is 4.07. The number of hydrogen-bond donors (Lipinski definition) is 1. The molecule has 1 radical (unpaired) electrons. The molecular weight excluding hydrogens is 196 g/mol. The molecule has 0 amide bonds. The molecule has 0 spiro atoms. The van der Waals surface area contributed by atoms with Crippen molar-refractivity contribution in [3.63, 3.8) is 0 Å². The van der Waals surface area contributed by atoms with Crippen molar-refractivity contribution < 1.29 is 0 Å². The number of nitrogens with zero attached hydrogens (tertiary/aromatic N) is 2. The van der Waals surface area contributed by atoms with Gasteiger partial charge < -0.3 is 0 Å². The van der Waals surface area contributed by atoms with Crippen molar-refractivity contribution in [1.82, 2.24) is 3.27 Å². The van der Waals surface area contributed by atoms with E-state index in [1.54, 1.807) is 0 Å². The van der Waals surface area contributed by atoms with Crippen LogP contribution in [-0.2, 0) is 0 Å². The minimum atomic E-state index is 0.622. The fraction of sp³-hybridized carbons (Fsp3) is 0.286. The van der Waals surface area contributed by atoms with Crippen LogP contribution in [-0.4, -0.2) is 41.4 Å². The van der Waals surface area contributed by atoms with Gasteiger partial charge in [0.2, 0.25) is 0 Å². The van der Waals surface area contributed by atoms with Gasteiger partial charge in [-0.2, -0.15) is 0 Å². The van der Waals surface area contributed by atoms with E-state index in [-0.39, 0.29) is 0 Å². The zero-order valence-corrected chi connectivity index (χ0v) is 9.37. The van der Waals surface area contributed by atoms with Crippen molar-refractivity contribution >= 4 is 25.1 Å². The number of rotatable bonds is 3. The molecule has 0 saturated carbocycles. The normalized spacial score (nSPS) is 11.0. The second-order valence-corrected chi connectivity index (χ2v) is 3.66. The Morgan fingerprint density at radius 1 is 1.73 bits per heavy atom. The summed E-state index contributed by atoms with van der Waals surface area (Å²) in [5.74, 6) is 0. The second kappa shape index (κ2) is 4.43. The van der Waals surface area contributed by atoms with Crippen LogP contribution < -0.4 is 5.73 Å². The Morgan fingerprint density at radius 2 is 2.55 bits per heavy atom. The maximum atomic E-state index is 5.29. The van der Waals surface area contributed by atoms with Crippen LogP contribution in [0.1, 0.15) is 5.69 Å². The van der Waals surface area contributed by atoms with E-state index < -0.39 is 0 Å². The van der Waals surface area contributed by atoms with Crippen molar-refractivity contribution in [2.75, 3.05) is 13.1 Å². The molecule has 0 aliphatic rings. The average molecular weight is 207 g/mol. The fourth-order valence-electron chi connectivity index (χ4n) is 0.777. The summed E-state index contributed by atoms with van der Waals surface area (Å²) in [6.45, 7) is 1.34. The number of aromatic nitrogens is 1. The molecule has 1 rings (SSSR count). The third-order valence-corrected chi connectivity index (χ3v) is 2.55. The monoisotopic (exact) mass is 206 g/mol. The molecular formula is C7H11GaN3. The summed E-state index contributed by atoms with van der Waals surface area (Å²) in [7, 11) is 0. The van der Waals surface area contributed by atoms with Crippen LogP contribution in [0.2, 0.25) is 0 Å². The molecule has 2 N–H and O–H groups in total. The van der Waals surface area contributed by atoms with Crippen molar-refractivity contribution in [3.8, 4) is 0 Å².